The summed E-state index contributed by atoms with van der Waals surface area (Å²) in [4.78, 5) is 14.3. The zero-order valence-electron chi connectivity index (χ0n) is 4.16. The summed E-state index contributed by atoms with van der Waals surface area (Å²) < 4.78 is 8.74. The van der Waals surface area contributed by atoms with Crippen LogP contribution in [0, 0.1) is 0 Å². The van der Waals surface area contributed by atoms with Crippen LogP contribution in [0.1, 0.15) is 1.43 Å². The molecule has 0 fully saturated rings. The summed E-state index contributed by atoms with van der Waals surface area (Å²) in [5, 5.41) is 0. The van der Waals surface area contributed by atoms with Gasteiger partial charge in [-0.2, -0.15) is 0 Å². The standard InChI is InChI=1S/Fe.Li.H3O3P.H/c;;1-4(2)3;/h;;4H,(H2,1,2,3);/q;+1;;-1. The Hall–Kier alpha value is 1.27. The first-order valence-corrected chi connectivity index (χ1v) is 1.95. The van der Waals surface area contributed by atoms with Crippen molar-refractivity contribution < 1.29 is 51.7 Å². The normalized spacial score (nSPS) is 5.83. The van der Waals surface area contributed by atoms with E-state index in [1.807, 2.05) is 0 Å². The second kappa shape index (κ2) is 9.55. The fraction of sp³-hybridized carbons (Fsp3) is 0. The summed E-state index contributed by atoms with van der Waals surface area (Å²) >= 11 is 0. The fourth-order valence-electron chi connectivity index (χ4n) is 0. The Balaban J connectivity index is -0.0000000150. The van der Waals surface area contributed by atoms with Gasteiger partial charge in [0.25, 0.3) is 0 Å². The molecule has 0 spiro atoms. The van der Waals surface area contributed by atoms with E-state index in [4.69, 9.17) is 14.4 Å². The molecule has 0 saturated carbocycles. The van der Waals surface area contributed by atoms with Crippen LogP contribution in [0.5, 0.6) is 0 Å². The number of hydrogen-bond donors (Lipinski definition) is 2. The Bertz CT molecular complexity index is 37.9. The average molecular weight is 146 g/mol. The molecule has 0 radical (unpaired) electrons. The third-order valence-corrected chi connectivity index (χ3v) is 0. The maximum absolute atomic E-state index is 8.74. The molecule has 0 aromatic rings. The molecule has 0 aliphatic heterocycles. The second-order valence-electron chi connectivity index (χ2n) is 0.283. The van der Waals surface area contributed by atoms with E-state index in [-0.39, 0.29) is 37.4 Å². The summed E-state index contributed by atoms with van der Waals surface area (Å²) in [5.41, 5.74) is 0. The molecule has 0 saturated heterocycles. The van der Waals surface area contributed by atoms with Crippen molar-refractivity contribution in [3.63, 3.8) is 0 Å². The number of rotatable bonds is 0. The summed E-state index contributed by atoms with van der Waals surface area (Å²) in [5.74, 6) is 0. The molecule has 36 valence electrons. The predicted molar refractivity (Wildman–Crippen MR) is 14.6 cm³/mol. The molecule has 0 heterocycles. The third kappa shape index (κ3) is 59.7. The van der Waals surface area contributed by atoms with Crippen LogP contribution >= 0.6 is 8.25 Å². The first-order valence-electron chi connectivity index (χ1n) is 0.651. The molecule has 2 N–H and O–H groups in total. The van der Waals surface area contributed by atoms with Gasteiger partial charge in [-0.05, 0) is 0 Å². The molecular weight excluding hydrogens is 142 g/mol. The second-order valence-corrected chi connectivity index (χ2v) is 0.848. The molecule has 0 bridgehead atoms. The SMILES string of the molecule is O=[PH](O)O.[Fe].[H-].[Li+]. The first kappa shape index (κ1) is 15.7. The minimum absolute atomic E-state index is 0. The molecule has 0 unspecified atom stereocenters. The monoisotopic (exact) mass is 146 g/mol. The minimum Gasteiger partial charge on any atom is -1.00 e. The van der Waals surface area contributed by atoms with Crippen molar-refractivity contribution in [1.82, 2.24) is 0 Å². The van der Waals surface area contributed by atoms with Gasteiger partial charge < -0.3 is 11.2 Å². The van der Waals surface area contributed by atoms with Gasteiger partial charge in [-0.1, -0.05) is 0 Å². The van der Waals surface area contributed by atoms with Gasteiger partial charge in [0.15, 0.2) is 0 Å². The van der Waals surface area contributed by atoms with Crippen molar-refractivity contribution in [2.45, 2.75) is 0 Å². The predicted octanol–water partition coefficient (Wildman–Crippen LogP) is -3.53. The van der Waals surface area contributed by atoms with E-state index in [0.717, 1.165) is 0 Å². The van der Waals surface area contributed by atoms with Gasteiger partial charge in [0.1, 0.15) is 0 Å². The Morgan fingerprint density at radius 2 is 1.50 bits per heavy atom. The van der Waals surface area contributed by atoms with Crippen molar-refractivity contribution >= 4 is 8.25 Å². The molecule has 0 atom stereocenters. The largest absolute Gasteiger partial charge is 1.00 e. The van der Waals surface area contributed by atoms with Crippen LogP contribution in [0.25, 0.3) is 0 Å². The third-order valence-electron chi connectivity index (χ3n) is 0. The summed E-state index contributed by atoms with van der Waals surface area (Å²) in [7, 11) is -3.13. The molecule has 0 rings (SSSR count). The van der Waals surface area contributed by atoms with Gasteiger partial charge in [-0.15, -0.1) is 0 Å². The van der Waals surface area contributed by atoms with Gasteiger partial charge in [0, 0.05) is 17.1 Å². The van der Waals surface area contributed by atoms with Crippen LogP contribution in [-0.4, -0.2) is 9.79 Å². The van der Waals surface area contributed by atoms with Crippen LogP contribution in [0.4, 0.5) is 0 Å². The van der Waals surface area contributed by atoms with Crippen molar-refractivity contribution in [2.24, 2.45) is 0 Å². The van der Waals surface area contributed by atoms with Gasteiger partial charge in [-0.3, -0.25) is 4.57 Å². The summed E-state index contributed by atoms with van der Waals surface area (Å²) in [6, 6.07) is 0. The fourth-order valence-corrected chi connectivity index (χ4v) is 0. The van der Waals surface area contributed by atoms with E-state index >= 15 is 0 Å². The molecule has 0 amide bonds. The maximum atomic E-state index is 8.74. The Morgan fingerprint density at radius 3 is 1.50 bits per heavy atom. The molecular formula is H4FeLiO3P. The van der Waals surface area contributed by atoms with Crippen LogP contribution in [-0.2, 0) is 21.6 Å². The topological polar surface area (TPSA) is 57.5 Å². The maximum Gasteiger partial charge on any atom is 1.00 e. The van der Waals surface area contributed by atoms with Gasteiger partial charge >= 0.3 is 27.1 Å². The van der Waals surface area contributed by atoms with E-state index in [1.54, 1.807) is 0 Å². The Labute approximate surface area is 60.2 Å². The van der Waals surface area contributed by atoms with E-state index in [0.29, 0.717) is 0 Å². The van der Waals surface area contributed by atoms with Crippen molar-refractivity contribution in [3.05, 3.63) is 0 Å². The van der Waals surface area contributed by atoms with Crippen molar-refractivity contribution in [2.75, 3.05) is 0 Å². The van der Waals surface area contributed by atoms with Crippen LogP contribution in [0.15, 0.2) is 0 Å². The van der Waals surface area contributed by atoms with Crippen molar-refractivity contribution in [1.29, 1.82) is 0 Å². The number of hydrogen-bond acceptors (Lipinski definition) is 1. The molecule has 6 heteroatoms. The minimum atomic E-state index is -3.13. The van der Waals surface area contributed by atoms with Crippen LogP contribution in [0.2, 0.25) is 0 Å². The summed E-state index contributed by atoms with van der Waals surface area (Å²) in [6.45, 7) is 0. The zero-order chi connectivity index (χ0) is 3.58. The first-order chi connectivity index (χ1) is 1.73. The quantitative estimate of drug-likeness (QED) is 0.275. The average Bonchev–Trinajstić information content (AvgIpc) is 0.811. The Morgan fingerprint density at radius 1 is 1.50 bits per heavy atom. The van der Waals surface area contributed by atoms with E-state index < -0.39 is 8.25 Å². The zero-order valence-corrected chi connectivity index (χ0v) is 5.26. The van der Waals surface area contributed by atoms with E-state index in [2.05, 4.69) is 0 Å². The molecule has 0 aliphatic rings. The van der Waals surface area contributed by atoms with Gasteiger partial charge in [0.05, 0.1) is 0 Å². The molecule has 0 aromatic heterocycles. The molecule has 0 aliphatic carbocycles. The summed E-state index contributed by atoms with van der Waals surface area (Å²) in [6.07, 6.45) is 0. The smallest absolute Gasteiger partial charge is 1.00 e. The van der Waals surface area contributed by atoms with E-state index in [1.165, 1.54) is 0 Å². The molecule has 0 aromatic carbocycles. The Kier molecular flexibility index (Phi) is 24.9. The van der Waals surface area contributed by atoms with Crippen LogP contribution in [0.3, 0.4) is 0 Å². The molecule has 3 nitrogen and oxygen atoms in total. The van der Waals surface area contributed by atoms with Gasteiger partial charge in [-0.25, -0.2) is 0 Å². The van der Waals surface area contributed by atoms with Gasteiger partial charge in [0.2, 0.25) is 0 Å². The van der Waals surface area contributed by atoms with Crippen molar-refractivity contribution in [3.8, 4) is 0 Å². The molecule has 6 heavy (non-hydrogen) atoms. The van der Waals surface area contributed by atoms with E-state index in [9.17, 15) is 0 Å². The van der Waals surface area contributed by atoms with Crippen LogP contribution < -0.4 is 18.9 Å².